The largest absolute Gasteiger partial charge is 0.312 e. The van der Waals surface area contributed by atoms with Crippen LogP contribution in [0.3, 0.4) is 0 Å². The van der Waals surface area contributed by atoms with Gasteiger partial charge in [-0.1, -0.05) is 36.4 Å². The van der Waals surface area contributed by atoms with Crippen molar-refractivity contribution in [3.05, 3.63) is 71.0 Å². The second-order valence-corrected chi connectivity index (χ2v) is 6.07. The summed E-state index contributed by atoms with van der Waals surface area (Å²) in [5.74, 6) is -0.200. The number of hydrogen-bond donors (Lipinski definition) is 1. The lowest BCUT2D eigenvalue weighted by Gasteiger charge is -2.34. The maximum atomic E-state index is 14.3. The van der Waals surface area contributed by atoms with Gasteiger partial charge in [0.25, 0.3) is 0 Å². The van der Waals surface area contributed by atoms with Crippen LogP contribution in [-0.2, 0) is 18.6 Å². The molecule has 0 saturated heterocycles. The van der Waals surface area contributed by atoms with E-state index in [9.17, 15) is 8.78 Å². The summed E-state index contributed by atoms with van der Waals surface area (Å²) in [7, 11) is 0. The molecule has 1 aliphatic carbocycles. The van der Waals surface area contributed by atoms with Crippen LogP contribution < -0.4 is 5.32 Å². The van der Waals surface area contributed by atoms with Crippen LogP contribution in [0.25, 0.3) is 0 Å². The van der Waals surface area contributed by atoms with E-state index in [4.69, 9.17) is 0 Å². The van der Waals surface area contributed by atoms with E-state index in [1.54, 1.807) is 0 Å². The third-order valence-electron chi connectivity index (χ3n) is 4.45. The Balaban J connectivity index is 1.44. The van der Waals surface area contributed by atoms with Gasteiger partial charge in [-0.2, -0.15) is 0 Å². The van der Waals surface area contributed by atoms with Gasteiger partial charge in [0, 0.05) is 6.54 Å². The van der Waals surface area contributed by atoms with Crippen LogP contribution in [-0.4, -0.2) is 6.54 Å². The fraction of sp³-hybridized carbons (Fsp3) is 0.368. The first kappa shape index (κ1) is 15.2. The molecule has 3 heteroatoms. The van der Waals surface area contributed by atoms with Gasteiger partial charge in [-0.05, 0) is 61.1 Å². The Bertz CT molecular complexity index is 600. The maximum Gasteiger partial charge on any atom is 0.136 e. The Hall–Kier alpha value is -1.74. The van der Waals surface area contributed by atoms with Gasteiger partial charge in [0.05, 0.1) is 0 Å². The summed E-state index contributed by atoms with van der Waals surface area (Å²) < 4.78 is 27.1. The standard InChI is InChI=1S/C19H21F2N/c20-18-8-4-15(5-9-18)10-13-22-14-16-2-6-17(7-3-16)19(21)11-1-12-19/h2-9,22H,1,10-14H2. The molecule has 0 aromatic heterocycles. The lowest BCUT2D eigenvalue weighted by molar-refractivity contribution is 0.0609. The highest BCUT2D eigenvalue weighted by atomic mass is 19.1. The van der Waals surface area contributed by atoms with Crippen LogP contribution in [0, 0.1) is 5.82 Å². The van der Waals surface area contributed by atoms with Gasteiger partial charge in [0.1, 0.15) is 11.5 Å². The second-order valence-electron chi connectivity index (χ2n) is 6.07. The second kappa shape index (κ2) is 6.57. The minimum absolute atomic E-state index is 0.200. The highest BCUT2D eigenvalue weighted by Gasteiger charge is 2.38. The molecule has 0 bridgehead atoms. The zero-order valence-corrected chi connectivity index (χ0v) is 12.6. The molecule has 0 heterocycles. The molecule has 0 radical (unpaired) electrons. The van der Waals surface area contributed by atoms with Gasteiger partial charge in [0.2, 0.25) is 0 Å². The summed E-state index contributed by atoms with van der Waals surface area (Å²) in [6.45, 7) is 1.60. The van der Waals surface area contributed by atoms with E-state index in [0.717, 1.165) is 42.6 Å². The van der Waals surface area contributed by atoms with Gasteiger partial charge in [0.15, 0.2) is 0 Å². The molecule has 1 saturated carbocycles. The summed E-state index contributed by atoms with van der Waals surface area (Å²) in [4.78, 5) is 0. The molecule has 1 aliphatic rings. The van der Waals surface area contributed by atoms with Crippen molar-refractivity contribution in [3.63, 3.8) is 0 Å². The van der Waals surface area contributed by atoms with E-state index >= 15 is 0 Å². The summed E-state index contributed by atoms with van der Waals surface area (Å²) in [5, 5.41) is 3.36. The van der Waals surface area contributed by atoms with Crippen molar-refractivity contribution in [1.82, 2.24) is 5.32 Å². The van der Waals surface area contributed by atoms with Gasteiger partial charge < -0.3 is 5.32 Å². The number of alkyl halides is 1. The molecule has 1 N–H and O–H groups in total. The molecule has 3 rings (SSSR count). The number of hydrogen-bond acceptors (Lipinski definition) is 1. The number of halogens is 2. The lowest BCUT2D eigenvalue weighted by atomic mass is 9.77. The molecule has 116 valence electrons. The van der Waals surface area contributed by atoms with Crippen molar-refractivity contribution in [2.24, 2.45) is 0 Å². The van der Waals surface area contributed by atoms with E-state index in [-0.39, 0.29) is 5.82 Å². The average Bonchev–Trinajstić information content (AvgIpc) is 2.51. The smallest absolute Gasteiger partial charge is 0.136 e. The Morgan fingerprint density at radius 2 is 1.55 bits per heavy atom. The van der Waals surface area contributed by atoms with Crippen molar-refractivity contribution in [2.75, 3.05) is 6.54 Å². The normalized spacial score (nSPS) is 16.3. The summed E-state index contributed by atoms with van der Waals surface area (Å²) in [6.07, 6.45) is 3.17. The first-order valence-electron chi connectivity index (χ1n) is 7.89. The van der Waals surface area contributed by atoms with Crippen LogP contribution in [0.1, 0.15) is 36.0 Å². The maximum absolute atomic E-state index is 14.3. The van der Waals surface area contributed by atoms with E-state index in [2.05, 4.69) is 5.32 Å². The molecule has 2 aromatic carbocycles. The third-order valence-corrected chi connectivity index (χ3v) is 4.45. The van der Waals surface area contributed by atoms with Crippen molar-refractivity contribution in [3.8, 4) is 0 Å². The molecule has 0 unspecified atom stereocenters. The Morgan fingerprint density at radius 1 is 0.909 bits per heavy atom. The number of nitrogens with one attached hydrogen (secondary N) is 1. The highest BCUT2D eigenvalue weighted by molar-refractivity contribution is 5.29. The molecule has 1 fully saturated rings. The SMILES string of the molecule is Fc1ccc(CCNCc2ccc(C3(F)CCC3)cc2)cc1. The molecular formula is C19H21F2N. The molecule has 0 aliphatic heterocycles. The minimum atomic E-state index is -1.07. The van der Waals surface area contributed by atoms with Crippen molar-refractivity contribution in [1.29, 1.82) is 0 Å². The first-order valence-corrected chi connectivity index (χ1v) is 7.89. The zero-order chi connectivity index (χ0) is 15.4. The van der Waals surface area contributed by atoms with Gasteiger partial charge in [-0.25, -0.2) is 8.78 Å². The highest BCUT2D eigenvalue weighted by Crippen LogP contribution is 2.44. The van der Waals surface area contributed by atoms with Crippen LogP contribution >= 0.6 is 0 Å². The first-order chi connectivity index (χ1) is 10.7. The summed E-state index contributed by atoms with van der Waals surface area (Å²) >= 11 is 0. The summed E-state index contributed by atoms with van der Waals surface area (Å²) in [5.41, 5.74) is 2.02. The fourth-order valence-corrected chi connectivity index (χ4v) is 2.81. The number of benzene rings is 2. The summed E-state index contributed by atoms with van der Waals surface area (Å²) in [6, 6.07) is 14.4. The lowest BCUT2D eigenvalue weighted by Crippen LogP contribution is -2.28. The van der Waals surface area contributed by atoms with E-state index in [1.807, 2.05) is 36.4 Å². The van der Waals surface area contributed by atoms with Crippen molar-refractivity contribution >= 4 is 0 Å². The Labute approximate surface area is 130 Å². The molecule has 0 amide bonds. The van der Waals surface area contributed by atoms with Crippen LogP contribution in [0.5, 0.6) is 0 Å². The minimum Gasteiger partial charge on any atom is -0.312 e. The molecular weight excluding hydrogens is 280 g/mol. The van der Waals surface area contributed by atoms with E-state index < -0.39 is 5.67 Å². The van der Waals surface area contributed by atoms with Crippen molar-refractivity contribution in [2.45, 2.75) is 37.9 Å². The molecule has 0 spiro atoms. The Morgan fingerprint density at radius 3 is 2.14 bits per heavy atom. The molecule has 1 nitrogen and oxygen atoms in total. The predicted molar refractivity (Wildman–Crippen MR) is 84.9 cm³/mol. The van der Waals surface area contributed by atoms with Crippen LogP contribution in [0.15, 0.2) is 48.5 Å². The van der Waals surface area contributed by atoms with Crippen LogP contribution in [0.4, 0.5) is 8.78 Å². The van der Waals surface area contributed by atoms with E-state index in [1.165, 1.54) is 12.1 Å². The third kappa shape index (κ3) is 3.53. The molecule has 0 atom stereocenters. The van der Waals surface area contributed by atoms with Gasteiger partial charge in [-0.15, -0.1) is 0 Å². The fourth-order valence-electron chi connectivity index (χ4n) is 2.81. The predicted octanol–water partition coefficient (Wildman–Crippen LogP) is 4.51. The van der Waals surface area contributed by atoms with E-state index in [0.29, 0.717) is 12.8 Å². The topological polar surface area (TPSA) is 12.0 Å². The average molecular weight is 301 g/mol. The zero-order valence-electron chi connectivity index (χ0n) is 12.6. The van der Waals surface area contributed by atoms with Crippen molar-refractivity contribution < 1.29 is 8.78 Å². The Kier molecular flexibility index (Phi) is 4.53. The van der Waals surface area contributed by atoms with Gasteiger partial charge >= 0.3 is 0 Å². The molecule has 2 aromatic rings. The quantitative estimate of drug-likeness (QED) is 0.774. The monoisotopic (exact) mass is 301 g/mol. The number of rotatable bonds is 6. The van der Waals surface area contributed by atoms with Crippen LogP contribution in [0.2, 0.25) is 0 Å². The molecule has 22 heavy (non-hydrogen) atoms. The van der Waals surface area contributed by atoms with Gasteiger partial charge in [-0.3, -0.25) is 0 Å².